The fourth-order valence-corrected chi connectivity index (χ4v) is 4.47. The number of rotatable bonds is 4. The van der Waals surface area contributed by atoms with Crippen LogP contribution in [0.5, 0.6) is 11.6 Å². The number of benzene rings is 1. The number of hydrogen-bond donors (Lipinski definition) is 0. The van der Waals surface area contributed by atoms with E-state index in [2.05, 4.69) is 17.1 Å². The number of pyridine rings is 1. The van der Waals surface area contributed by atoms with Gasteiger partial charge in [0.25, 0.3) is 0 Å². The second-order valence-electron chi connectivity index (χ2n) is 8.54. The van der Waals surface area contributed by atoms with Crippen LogP contribution in [0.2, 0.25) is 0 Å². The van der Waals surface area contributed by atoms with Crippen LogP contribution in [0.15, 0.2) is 36.5 Å². The van der Waals surface area contributed by atoms with Crippen molar-refractivity contribution in [3.63, 3.8) is 0 Å². The predicted octanol–water partition coefficient (Wildman–Crippen LogP) is 4.46. The van der Waals surface area contributed by atoms with E-state index >= 15 is 0 Å². The van der Waals surface area contributed by atoms with Crippen molar-refractivity contribution in [2.75, 3.05) is 4.90 Å². The highest BCUT2D eigenvalue weighted by atomic mass is 16.5. The van der Waals surface area contributed by atoms with Crippen molar-refractivity contribution in [1.29, 1.82) is 0 Å². The lowest BCUT2D eigenvalue weighted by molar-refractivity contribution is -0.125. The highest BCUT2D eigenvalue weighted by Crippen LogP contribution is 2.51. The number of aromatic nitrogens is 1. The summed E-state index contributed by atoms with van der Waals surface area (Å²) in [5, 5.41) is 0. The van der Waals surface area contributed by atoms with Gasteiger partial charge in [0.1, 0.15) is 5.75 Å². The number of carbonyl (C=O) groups excluding carboxylic acids is 2. The summed E-state index contributed by atoms with van der Waals surface area (Å²) in [4.78, 5) is 30.6. The summed E-state index contributed by atoms with van der Waals surface area (Å²) in [6.07, 6.45) is 5.71. The molecule has 2 aliphatic heterocycles. The van der Waals surface area contributed by atoms with E-state index in [-0.39, 0.29) is 23.8 Å². The maximum absolute atomic E-state index is 12.7. The fraction of sp³-hybridized carbons (Fsp3) is 0.435. The van der Waals surface area contributed by atoms with E-state index < -0.39 is 5.41 Å². The summed E-state index contributed by atoms with van der Waals surface area (Å²) in [7, 11) is 0. The van der Waals surface area contributed by atoms with Gasteiger partial charge >= 0.3 is 0 Å². The Morgan fingerprint density at radius 3 is 2.66 bits per heavy atom. The van der Waals surface area contributed by atoms with E-state index in [1.54, 1.807) is 12.1 Å². The lowest BCUT2D eigenvalue weighted by Crippen LogP contribution is -2.34. The van der Waals surface area contributed by atoms with Gasteiger partial charge < -0.3 is 9.47 Å². The third-order valence-electron chi connectivity index (χ3n) is 6.73. The molecule has 0 radical (unpaired) electrons. The number of fused-ring (bicyclic) bond motifs is 2. The molecule has 1 spiro atoms. The highest BCUT2D eigenvalue weighted by Gasteiger charge is 2.48. The number of nitrogens with zero attached hydrogens (tertiary/aromatic N) is 2. The maximum Gasteiger partial charge on any atom is 0.240 e. The normalized spacial score (nSPS) is 24.7. The van der Waals surface area contributed by atoms with Crippen molar-refractivity contribution in [2.45, 2.75) is 58.2 Å². The van der Waals surface area contributed by atoms with Crippen LogP contribution < -0.4 is 9.64 Å². The van der Waals surface area contributed by atoms with Crippen LogP contribution in [-0.2, 0) is 26.5 Å². The zero-order valence-electron chi connectivity index (χ0n) is 16.7. The molecule has 1 aromatic heterocycles. The van der Waals surface area contributed by atoms with Crippen LogP contribution in [0.4, 0.5) is 5.69 Å². The van der Waals surface area contributed by atoms with Gasteiger partial charge in [0.2, 0.25) is 17.7 Å². The van der Waals surface area contributed by atoms with Gasteiger partial charge in [-0.25, -0.2) is 9.88 Å². The molecule has 1 atom stereocenters. The maximum atomic E-state index is 12.7. The molecule has 6 heteroatoms. The van der Waals surface area contributed by atoms with Crippen molar-refractivity contribution in [1.82, 2.24) is 4.98 Å². The van der Waals surface area contributed by atoms with Crippen LogP contribution in [-0.4, -0.2) is 16.8 Å². The fourth-order valence-electron chi connectivity index (χ4n) is 4.47. The molecule has 3 aliphatic rings. The van der Waals surface area contributed by atoms with Gasteiger partial charge in [-0.3, -0.25) is 9.59 Å². The lowest BCUT2D eigenvalue weighted by Gasteiger charge is -2.38. The average molecular weight is 392 g/mol. The van der Waals surface area contributed by atoms with Crippen LogP contribution in [0, 0.1) is 5.41 Å². The number of ether oxygens (including phenoxy) is 2. The molecule has 3 heterocycles. The summed E-state index contributed by atoms with van der Waals surface area (Å²) >= 11 is 0. The minimum absolute atomic E-state index is 0.117. The van der Waals surface area contributed by atoms with Crippen molar-refractivity contribution in [3.05, 3.63) is 47.7 Å². The lowest BCUT2D eigenvalue weighted by atomic mass is 9.75. The summed E-state index contributed by atoms with van der Waals surface area (Å²) in [5.74, 6) is 0.796. The molecule has 5 rings (SSSR count). The minimum atomic E-state index is -0.629. The molecule has 2 aromatic rings. The molecule has 29 heavy (non-hydrogen) atoms. The van der Waals surface area contributed by atoms with E-state index in [9.17, 15) is 9.59 Å². The summed E-state index contributed by atoms with van der Waals surface area (Å²) in [5.41, 5.74) is 2.20. The Morgan fingerprint density at radius 2 is 2.03 bits per heavy atom. The smallest absolute Gasteiger partial charge is 0.240 e. The van der Waals surface area contributed by atoms with Crippen LogP contribution in [0.25, 0.3) is 0 Å². The van der Waals surface area contributed by atoms with Crippen LogP contribution in [0.1, 0.15) is 57.1 Å². The van der Waals surface area contributed by atoms with Gasteiger partial charge in [0, 0.05) is 12.5 Å². The largest absolute Gasteiger partial charge is 0.439 e. The Labute approximate surface area is 169 Å². The quantitative estimate of drug-likeness (QED) is 0.719. The third kappa shape index (κ3) is 2.77. The number of anilines is 1. The van der Waals surface area contributed by atoms with Crippen LogP contribution >= 0.6 is 0 Å². The molecule has 0 unspecified atom stereocenters. The molecule has 1 aliphatic carbocycles. The van der Waals surface area contributed by atoms with Crippen LogP contribution in [0.3, 0.4) is 0 Å². The molecule has 6 nitrogen and oxygen atoms in total. The number of carbonyl (C=O) groups is 2. The molecular formula is C23H24N2O4. The predicted molar refractivity (Wildman–Crippen MR) is 107 cm³/mol. The number of hydrogen-bond acceptors (Lipinski definition) is 5. The monoisotopic (exact) mass is 392 g/mol. The Kier molecular flexibility index (Phi) is 4.03. The van der Waals surface area contributed by atoms with Gasteiger partial charge in [-0.2, -0.15) is 0 Å². The molecule has 1 saturated carbocycles. The Balaban J connectivity index is 1.35. The molecule has 2 amide bonds. The summed E-state index contributed by atoms with van der Waals surface area (Å²) < 4.78 is 12.0. The first kappa shape index (κ1) is 18.3. The first-order chi connectivity index (χ1) is 13.9. The molecule has 1 aromatic carbocycles. The van der Waals surface area contributed by atoms with Gasteiger partial charge in [-0.1, -0.05) is 19.9 Å². The van der Waals surface area contributed by atoms with E-state index in [1.807, 2.05) is 19.9 Å². The topological polar surface area (TPSA) is 68.7 Å². The molecule has 1 saturated heterocycles. The van der Waals surface area contributed by atoms with E-state index in [4.69, 9.17) is 9.47 Å². The van der Waals surface area contributed by atoms with Crippen molar-refractivity contribution >= 4 is 17.5 Å². The standard InChI is InChI=1S/C23H24N2O4/c1-3-22(2)12-20(26)25(21(22)27)16-6-8-19(24-13-16)29-17-7-5-15-14-28-23(9-4-10-23)18(15)11-17/h5-8,11,13H,3-4,9-10,12,14H2,1-2H3/t22-/m0/s1. The van der Waals surface area contributed by atoms with E-state index in [0.717, 1.165) is 12.8 Å². The number of amides is 2. The summed E-state index contributed by atoms with van der Waals surface area (Å²) in [6, 6.07) is 9.44. The minimum Gasteiger partial charge on any atom is -0.439 e. The Bertz CT molecular complexity index is 996. The Hall–Kier alpha value is -2.73. The molecular weight excluding hydrogens is 368 g/mol. The zero-order chi connectivity index (χ0) is 20.2. The second kappa shape index (κ2) is 6.39. The van der Waals surface area contributed by atoms with Gasteiger partial charge in [0.15, 0.2) is 0 Å². The molecule has 0 N–H and O–H groups in total. The van der Waals surface area contributed by atoms with E-state index in [1.165, 1.54) is 28.6 Å². The Morgan fingerprint density at radius 1 is 1.21 bits per heavy atom. The molecule has 150 valence electrons. The molecule has 0 bridgehead atoms. The first-order valence-electron chi connectivity index (χ1n) is 10.2. The number of imide groups is 1. The first-order valence-corrected chi connectivity index (χ1v) is 10.2. The van der Waals surface area contributed by atoms with Crippen molar-refractivity contribution in [3.8, 4) is 11.6 Å². The van der Waals surface area contributed by atoms with Crippen molar-refractivity contribution < 1.29 is 19.1 Å². The molecule has 2 fully saturated rings. The van der Waals surface area contributed by atoms with Crippen molar-refractivity contribution in [2.24, 2.45) is 5.41 Å². The van der Waals surface area contributed by atoms with Gasteiger partial charge in [-0.15, -0.1) is 0 Å². The summed E-state index contributed by atoms with van der Waals surface area (Å²) in [6.45, 7) is 4.43. The van der Waals surface area contributed by atoms with Gasteiger partial charge in [-0.05, 0) is 55.0 Å². The second-order valence-corrected chi connectivity index (χ2v) is 8.54. The highest BCUT2D eigenvalue weighted by molar-refractivity contribution is 6.22. The van der Waals surface area contributed by atoms with Gasteiger partial charge in [0.05, 0.1) is 29.5 Å². The SMILES string of the molecule is CC[C@@]1(C)CC(=O)N(c2ccc(Oc3ccc4c(c3)C3(CCC3)OC4)nc2)C1=O. The third-order valence-corrected chi connectivity index (χ3v) is 6.73. The average Bonchev–Trinajstić information content (AvgIpc) is 3.18. The zero-order valence-corrected chi connectivity index (χ0v) is 16.7. The van der Waals surface area contributed by atoms with E-state index in [0.29, 0.717) is 30.3 Å².